The molecule has 122 valence electrons. The van der Waals surface area contributed by atoms with E-state index in [1.807, 2.05) is 30.3 Å². The summed E-state index contributed by atoms with van der Waals surface area (Å²) in [6, 6.07) is 8.07. The zero-order valence-corrected chi connectivity index (χ0v) is 14.1. The second kappa shape index (κ2) is 8.38. The molecular weight excluding hydrogens is 272 g/mol. The van der Waals surface area contributed by atoms with Gasteiger partial charge in [0.05, 0.1) is 6.10 Å². The molecule has 0 amide bonds. The van der Waals surface area contributed by atoms with E-state index in [4.69, 9.17) is 9.47 Å². The first-order valence-corrected chi connectivity index (χ1v) is 8.74. The summed E-state index contributed by atoms with van der Waals surface area (Å²) in [4.78, 5) is 0. The first kappa shape index (κ1) is 17.1. The number of hydrogen-bond acceptors (Lipinski definition) is 2. The average Bonchev–Trinajstić information content (AvgIpc) is 2.54. The molecular formula is C20H30O2. The van der Waals surface area contributed by atoms with E-state index in [1.54, 1.807) is 0 Å². The van der Waals surface area contributed by atoms with Crippen LogP contribution in [0.2, 0.25) is 0 Å². The third kappa shape index (κ3) is 5.17. The molecule has 0 spiro atoms. The lowest BCUT2D eigenvalue weighted by Crippen LogP contribution is -2.40. The SMILES string of the molecule is C=Cc1ccc(OC(C)(CCCC)OC2CCCCC2)cc1. The van der Waals surface area contributed by atoms with Crippen molar-refractivity contribution in [2.75, 3.05) is 0 Å². The van der Waals surface area contributed by atoms with Gasteiger partial charge in [0, 0.05) is 13.3 Å². The Morgan fingerprint density at radius 3 is 2.45 bits per heavy atom. The zero-order chi connectivity index (χ0) is 15.8. The van der Waals surface area contributed by atoms with Gasteiger partial charge in [-0.05, 0) is 37.0 Å². The first-order valence-electron chi connectivity index (χ1n) is 8.74. The highest BCUT2D eigenvalue weighted by atomic mass is 16.7. The fourth-order valence-electron chi connectivity index (χ4n) is 3.09. The largest absolute Gasteiger partial charge is 0.463 e. The summed E-state index contributed by atoms with van der Waals surface area (Å²) in [6.45, 7) is 8.09. The van der Waals surface area contributed by atoms with Crippen molar-refractivity contribution in [2.45, 2.75) is 77.1 Å². The lowest BCUT2D eigenvalue weighted by atomic mass is 9.97. The van der Waals surface area contributed by atoms with Crippen molar-refractivity contribution in [3.8, 4) is 5.75 Å². The minimum atomic E-state index is -0.520. The predicted octanol–water partition coefficient (Wildman–Crippen LogP) is 5.96. The van der Waals surface area contributed by atoms with Crippen LogP contribution in [0.5, 0.6) is 5.75 Å². The molecule has 0 radical (unpaired) electrons. The van der Waals surface area contributed by atoms with Gasteiger partial charge in [0.1, 0.15) is 5.75 Å². The molecule has 0 aromatic heterocycles. The highest BCUT2D eigenvalue weighted by molar-refractivity contribution is 5.48. The minimum Gasteiger partial charge on any atom is -0.463 e. The summed E-state index contributed by atoms with van der Waals surface area (Å²) in [7, 11) is 0. The number of benzene rings is 1. The fourth-order valence-corrected chi connectivity index (χ4v) is 3.09. The van der Waals surface area contributed by atoms with E-state index in [1.165, 1.54) is 32.1 Å². The summed E-state index contributed by atoms with van der Waals surface area (Å²) < 4.78 is 12.6. The molecule has 0 saturated heterocycles. The summed E-state index contributed by atoms with van der Waals surface area (Å²) in [5.74, 6) is 0.355. The zero-order valence-electron chi connectivity index (χ0n) is 14.1. The molecule has 1 aliphatic rings. The van der Waals surface area contributed by atoms with Gasteiger partial charge in [0.15, 0.2) is 0 Å². The van der Waals surface area contributed by atoms with Crippen LogP contribution in [0.25, 0.3) is 6.08 Å². The summed E-state index contributed by atoms with van der Waals surface area (Å²) in [6.07, 6.45) is 11.6. The Morgan fingerprint density at radius 1 is 1.18 bits per heavy atom. The quantitative estimate of drug-likeness (QED) is 0.551. The van der Waals surface area contributed by atoms with Crippen molar-refractivity contribution in [2.24, 2.45) is 0 Å². The third-order valence-electron chi connectivity index (χ3n) is 4.40. The molecule has 1 unspecified atom stereocenters. The second-order valence-corrected chi connectivity index (χ2v) is 6.49. The molecule has 1 saturated carbocycles. The Balaban J connectivity index is 2.03. The van der Waals surface area contributed by atoms with E-state index in [9.17, 15) is 0 Å². The van der Waals surface area contributed by atoms with E-state index in [0.717, 1.165) is 30.6 Å². The van der Waals surface area contributed by atoms with E-state index >= 15 is 0 Å². The molecule has 2 nitrogen and oxygen atoms in total. The maximum absolute atomic E-state index is 6.40. The van der Waals surface area contributed by atoms with Gasteiger partial charge in [-0.2, -0.15) is 0 Å². The molecule has 0 aliphatic heterocycles. The standard InChI is InChI=1S/C20H30O2/c1-4-6-16-20(3,21-18-10-8-7-9-11-18)22-19-14-12-17(5-2)13-15-19/h5,12-15,18H,2,4,6-11,16H2,1,3H3. The Hall–Kier alpha value is -1.28. The maximum atomic E-state index is 6.40. The van der Waals surface area contributed by atoms with Crippen LogP contribution in [0.3, 0.4) is 0 Å². The topological polar surface area (TPSA) is 18.5 Å². The van der Waals surface area contributed by atoms with Crippen molar-refractivity contribution in [1.82, 2.24) is 0 Å². The molecule has 1 aromatic carbocycles. The van der Waals surface area contributed by atoms with Gasteiger partial charge in [-0.15, -0.1) is 0 Å². The lowest BCUT2D eigenvalue weighted by molar-refractivity contribution is -0.210. The van der Waals surface area contributed by atoms with Gasteiger partial charge in [-0.3, -0.25) is 0 Å². The van der Waals surface area contributed by atoms with Crippen LogP contribution in [0.4, 0.5) is 0 Å². The normalized spacial score (nSPS) is 18.6. The Morgan fingerprint density at radius 2 is 1.86 bits per heavy atom. The molecule has 1 aromatic rings. The molecule has 0 bridgehead atoms. The number of ether oxygens (including phenoxy) is 2. The van der Waals surface area contributed by atoms with Crippen molar-refractivity contribution >= 4 is 6.08 Å². The van der Waals surface area contributed by atoms with Gasteiger partial charge in [-0.1, -0.05) is 57.4 Å². The predicted molar refractivity (Wildman–Crippen MR) is 93.0 cm³/mol. The van der Waals surface area contributed by atoms with E-state index in [0.29, 0.717) is 6.10 Å². The van der Waals surface area contributed by atoms with Gasteiger partial charge in [0.25, 0.3) is 0 Å². The number of hydrogen-bond donors (Lipinski definition) is 0. The van der Waals surface area contributed by atoms with Crippen molar-refractivity contribution in [3.63, 3.8) is 0 Å². The highest BCUT2D eigenvalue weighted by Crippen LogP contribution is 2.30. The van der Waals surface area contributed by atoms with Crippen molar-refractivity contribution in [3.05, 3.63) is 36.4 Å². The van der Waals surface area contributed by atoms with Crippen LogP contribution in [0, 0.1) is 0 Å². The van der Waals surface area contributed by atoms with Gasteiger partial charge in [-0.25, -0.2) is 0 Å². The van der Waals surface area contributed by atoms with Gasteiger partial charge < -0.3 is 9.47 Å². The fraction of sp³-hybridized carbons (Fsp3) is 0.600. The molecule has 2 rings (SSSR count). The molecule has 0 N–H and O–H groups in total. The van der Waals surface area contributed by atoms with Crippen LogP contribution in [0.15, 0.2) is 30.8 Å². The van der Waals surface area contributed by atoms with E-state index < -0.39 is 5.79 Å². The maximum Gasteiger partial charge on any atom is 0.207 e. The molecule has 1 fully saturated rings. The Labute approximate surface area is 135 Å². The first-order chi connectivity index (χ1) is 10.6. The molecule has 1 aliphatic carbocycles. The van der Waals surface area contributed by atoms with Crippen molar-refractivity contribution < 1.29 is 9.47 Å². The molecule has 22 heavy (non-hydrogen) atoms. The molecule has 0 heterocycles. The van der Waals surface area contributed by atoms with Crippen LogP contribution in [0.1, 0.15) is 70.8 Å². The number of unbranched alkanes of at least 4 members (excludes halogenated alkanes) is 1. The van der Waals surface area contributed by atoms with E-state index in [2.05, 4.69) is 20.4 Å². The second-order valence-electron chi connectivity index (χ2n) is 6.49. The minimum absolute atomic E-state index is 0.350. The van der Waals surface area contributed by atoms with Crippen LogP contribution in [-0.4, -0.2) is 11.9 Å². The van der Waals surface area contributed by atoms with Gasteiger partial charge >= 0.3 is 0 Å². The number of rotatable bonds is 8. The Bertz CT molecular complexity index is 445. The highest BCUT2D eigenvalue weighted by Gasteiger charge is 2.31. The van der Waals surface area contributed by atoms with Gasteiger partial charge in [0.2, 0.25) is 5.79 Å². The third-order valence-corrected chi connectivity index (χ3v) is 4.40. The van der Waals surface area contributed by atoms with Crippen LogP contribution < -0.4 is 4.74 Å². The monoisotopic (exact) mass is 302 g/mol. The smallest absolute Gasteiger partial charge is 0.207 e. The summed E-state index contributed by atoms with van der Waals surface area (Å²) in [5, 5.41) is 0. The van der Waals surface area contributed by atoms with E-state index in [-0.39, 0.29) is 0 Å². The lowest BCUT2D eigenvalue weighted by Gasteiger charge is -2.36. The Kier molecular flexibility index (Phi) is 6.50. The molecule has 1 atom stereocenters. The average molecular weight is 302 g/mol. The summed E-state index contributed by atoms with van der Waals surface area (Å²) in [5.41, 5.74) is 1.11. The van der Waals surface area contributed by atoms with Crippen LogP contribution >= 0.6 is 0 Å². The summed E-state index contributed by atoms with van der Waals surface area (Å²) >= 11 is 0. The molecule has 2 heteroatoms. The van der Waals surface area contributed by atoms with Crippen molar-refractivity contribution in [1.29, 1.82) is 0 Å². The van der Waals surface area contributed by atoms with Crippen LogP contribution in [-0.2, 0) is 4.74 Å².